The number of carbonyl (C=O) groups is 2. The molecule has 6 nitrogen and oxygen atoms in total. The summed E-state index contributed by atoms with van der Waals surface area (Å²) in [7, 11) is 0. The lowest BCUT2D eigenvalue weighted by Crippen LogP contribution is -2.52. The summed E-state index contributed by atoms with van der Waals surface area (Å²) in [5.41, 5.74) is 0. The summed E-state index contributed by atoms with van der Waals surface area (Å²) < 4.78 is 0. The van der Waals surface area contributed by atoms with Gasteiger partial charge in [-0.3, -0.25) is 14.5 Å². The van der Waals surface area contributed by atoms with Crippen LogP contribution in [0.5, 0.6) is 0 Å². The van der Waals surface area contributed by atoms with Crippen molar-refractivity contribution in [2.24, 2.45) is 0 Å². The van der Waals surface area contributed by atoms with E-state index >= 15 is 0 Å². The van der Waals surface area contributed by atoms with Crippen LogP contribution in [0.25, 0.3) is 0 Å². The molecule has 1 radical (unpaired) electrons. The molecule has 1 atom stereocenters. The van der Waals surface area contributed by atoms with Crippen LogP contribution in [-0.2, 0) is 9.59 Å². The van der Waals surface area contributed by atoms with Gasteiger partial charge in [0.25, 0.3) is 5.91 Å². The predicted octanol–water partition coefficient (Wildman–Crippen LogP) is 1.07. The summed E-state index contributed by atoms with van der Waals surface area (Å²) in [5.74, 6) is -0.320. The smallest absolute Gasteiger partial charge is 0.324 e. The molecule has 0 aromatic carbocycles. The summed E-state index contributed by atoms with van der Waals surface area (Å²) in [6.45, 7) is 0.425. The van der Waals surface area contributed by atoms with E-state index in [0.29, 0.717) is 13.0 Å². The zero-order chi connectivity index (χ0) is 14.4. The second-order valence-corrected chi connectivity index (χ2v) is 5.57. The number of rotatable bonds is 3. The molecular weight excluding hydrogens is 258 g/mol. The van der Waals surface area contributed by atoms with Crippen molar-refractivity contribution in [3.05, 3.63) is 0 Å². The van der Waals surface area contributed by atoms with Crippen molar-refractivity contribution in [1.29, 1.82) is 0 Å². The van der Waals surface area contributed by atoms with Gasteiger partial charge in [0.15, 0.2) is 0 Å². The first-order valence-electron chi connectivity index (χ1n) is 7.47. The number of likely N-dealkylation sites (tertiary alicyclic amines) is 1. The highest BCUT2D eigenvalue weighted by atomic mass is 16.2. The number of carbonyl (C=O) groups excluding carboxylic acids is 3. The van der Waals surface area contributed by atoms with Gasteiger partial charge >= 0.3 is 12.4 Å². The number of nitrogens with zero attached hydrogens (tertiary/aromatic N) is 1. The summed E-state index contributed by atoms with van der Waals surface area (Å²) >= 11 is 0. The monoisotopic (exact) mass is 280 g/mol. The van der Waals surface area contributed by atoms with Gasteiger partial charge in [-0.05, 0) is 32.1 Å². The second kappa shape index (κ2) is 7.26. The third-order valence-corrected chi connectivity index (χ3v) is 4.10. The summed E-state index contributed by atoms with van der Waals surface area (Å²) in [5, 5.41) is 5.34. The molecule has 2 rings (SSSR count). The third-order valence-electron chi connectivity index (χ3n) is 4.10. The molecule has 0 aromatic rings. The Morgan fingerprint density at radius 2 is 1.80 bits per heavy atom. The van der Waals surface area contributed by atoms with Crippen molar-refractivity contribution < 1.29 is 14.4 Å². The molecule has 2 aliphatic rings. The number of nitrogens with one attached hydrogen (secondary N) is 2. The van der Waals surface area contributed by atoms with E-state index in [1.165, 1.54) is 11.3 Å². The van der Waals surface area contributed by atoms with Crippen LogP contribution < -0.4 is 10.6 Å². The van der Waals surface area contributed by atoms with Crippen LogP contribution in [-0.4, -0.2) is 41.9 Å². The van der Waals surface area contributed by atoms with E-state index in [4.69, 9.17) is 0 Å². The summed E-state index contributed by atoms with van der Waals surface area (Å²) in [4.78, 5) is 36.2. The maximum atomic E-state index is 12.2. The van der Waals surface area contributed by atoms with E-state index in [0.717, 1.165) is 38.5 Å². The van der Waals surface area contributed by atoms with E-state index in [2.05, 4.69) is 10.6 Å². The van der Waals surface area contributed by atoms with Crippen LogP contribution in [0.2, 0.25) is 0 Å². The van der Waals surface area contributed by atoms with Crippen LogP contribution in [0.3, 0.4) is 0 Å². The first-order chi connectivity index (χ1) is 9.72. The number of amides is 4. The average molecular weight is 280 g/mol. The average Bonchev–Trinajstić information content (AvgIpc) is 2.63. The normalized spacial score (nSPS) is 24.9. The Morgan fingerprint density at radius 3 is 2.50 bits per heavy atom. The summed E-state index contributed by atoms with van der Waals surface area (Å²) in [6, 6.07) is -0.759. The van der Waals surface area contributed by atoms with Crippen LogP contribution in [0, 0.1) is 0 Å². The maximum Gasteiger partial charge on any atom is 0.324 e. The fraction of sp³-hybridized carbons (Fsp3) is 0.786. The molecule has 1 aliphatic heterocycles. The first-order valence-corrected chi connectivity index (χ1v) is 7.47. The van der Waals surface area contributed by atoms with Crippen molar-refractivity contribution in [1.82, 2.24) is 15.5 Å². The molecule has 1 saturated carbocycles. The Bertz CT molecular complexity index is 367. The van der Waals surface area contributed by atoms with Crippen molar-refractivity contribution in [2.75, 3.05) is 6.54 Å². The lowest BCUT2D eigenvalue weighted by Gasteiger charge is -2.27. The lowest BCUT2D eigenvalue weighted by atomic mass is 9.96. The number of imide groups is 1. The number of hydrogen-bond donors (Lipinski definition) is 2. The Kier molecular flexibility index (Phi) is 5.38. The molecule has 6 heteroatoms. The number of urea groups is 1. The highest BCUT2D eigenvalue weighted by Gasteiger charge is 2.31. The van der Waals surface area contributed by atoms with E-state index in [-0.39, 0.29) is 18.0 Å². The molecule has 0 bridgehead atoms. The Labute approximate surface area is 119 Å². The topological polar surface area (TPSA) is 78.5 Å². The molecule has 0 aromatic heterocycles. The van der Waals surface area contributed by atoms with Gasteiger partial charge in [0.05, 0.1) is 0 Å². The Hall–Kier alpha value is -1.59. The SMILES string of the molecule is O=[C]N[C@H]1CCCCN(C(=O)NC2CCCCC2)C1=O. The summed E-state index contributed by atoms with van der Waals surface area (Å²) in [6.07, 6.45) is 9.17. The van der Waals surface area contributed by atoms with Crippen LogP contribution in [0.15, 0.2) is 0 Å². The molecular formula is C14H22N3O3. The first kappa shape index (κ1) is 14.8. The molecule has 4 amide bonds. The molecule has 20 heavy (non-hydrogen) atoms. The van der Waals surface area contributed by atoms with Gasteiger partial charge in [0, 0.05) is 12.6 Å². The fourth-order valence-corrected chi connectivity index (χ4v) is 2.95. The third kappa shape index (κ3) is 3.71. The zero-order valence-corrected chi connectivity index (χ0v) is 11.7. The van der Waals surface area contributed by atoms with Crippen LogP contribution in [0.1, 0.15) is 51.4 Å². The lowest BCUT2D eigenvalue weighted by molar-refractivity contribution is -0.129. The quantitative estimate of drug-likeness (QED) is 0.759. The molecule has 0 unspecified atom stereocenters. The van der Waals surface area contributed by atoms with Gasteiger partial charge < -0.3 is 10.6 Å². The minimum absolute atomic E-state index is 0.177. The van der Waals surface area contributed by atoms with Gasteiger partial charge in [0.2, 0.25) is 0 Å². The van der Waals surface area contributed by atoms with Crippen LogP contribution in [0.4, 0.5) is 4.79 Å². The minimum atomic E-state index is -0.618. The number of hydrogen-bond acceptors (Lipinski definition) is 3. The van der Waals surface area contributed by atoms with Gasteiger partial charge in [-0.25, -0.2) is 4.79 Å². The second-order valence-electron chi connectivity index (χ2n) is 5.57. The van der Waals surface area contributed by atoms with Gasteiger partial charge in [-0.15, -0.1) is 0 Å². The molecule has 1 aliphatic carbocycles. The van der Waals surface area contributed by atoms with Crippen LogP contribution >= 0.6 is 0 Å². The minimum Gasteiger partial charge on any atom is -0.336 e. The van der Waals surface area contributed by atoms with Crippen molar-refractivity contribution >= 4 is 18.3 Å². The van der Waals surface area contributed by atoms with Gasteiger partial charge in [0.1, 0.15) is 6.04 Å². The maximum absolute atomic E-state index is 12.2. The highest BCUT2D eigenvalue weighted by Crippen LogP contribution is 2.18. The molecule has 1 heterocycles. The van der Waals surface area contributed by atoms with E-state index in [1.807, 2.05) is 0 Å². The van der Waals surface area contributed by atoms with E-state index < -0.39 is 6.04 Å². The predicted molar refractivity (Wildman–Crippen MR) is 73.6 cm³/mol. The Morgan fingerprint density at radius 1 is 1.10 bits per heavy atom. The zero-order valence-electron chi connectivity index (χ0n) is 11.7. The molecule has 0 spiro atoms. The standard InChI is InChI=1S/C14H22N3O3/c18-10-15-12-8-4-5-9-17(13(12)19)14(20)16-11-6-2-1-3-7-11/h11-12H,1-9H2,(H,15,18)(H,16,20)/t12-/m0/s1. The Balaban J connectivity index is 1.95. The molecule has 2 fully saturated rings. The van der Waals surface area contributed by atoms with E-state index in [9.17, 15) is 14.4 Å². The molecule has 1 saturated heterocycles. The van der Waals surface area contributed by atoms with Crippen molar-refractivity contribution in [3.8, 4) is 0 Å². The highest BCUT2D eigenvalue weighted by molar-refractivity contribution is 5.98. The molecule has 2 N–H and O–H groups in total. The van der Waals surface area contributed by atoms with Gasteiger partial charge in [-0.2, -0.15) is 0 Å². The van der Waals surface area contributed by atoms with E-state index in [1.54, 1.807) is 6.41 Å². The van der Waals surface area contributed by atoms with Crippen molar-refractivity contribution in [2.45, 2.75) is 63.5 Å². The molecule has 111 valence electrons. The van der Waals surface area contributed by atoms with Gasteiger partial charge in [-0.1, -0.05) is 19.3 Å². The fourth-order valence-electron chi connectivity index (χ4n) is 2.95. The van der Waals surface area contributed by atoms with Crippen molar-refractivity contribution in [3.63, 3.8) is 0 Å². The largest absolute Gasteiger partial charge is 0.336 e.